The summed E-state index contributed by atoms with van der Waals surface area (Å²) in [7, 11) is 0. The van der Waals surface area contributed by atoms with Crippen molar-refractivity contribution in [2.45, 2.75) is 20.3 Å². The van der Waals surface area contributed by atoms with Crippen molar-refractivity contribution in [2.24, 2.45) is 0 Å². The molecule has 0 spiro atoms. The Kier molecular flexibility index (Phi) is 4.88. The fraction of sp³-hybridized carbons (Fsp3) is 0.333. The maximum absolute atomic E-state index is 12.3. The molecule has 0 atom stereocenters. The molecular formula is C15H18N4O3. The van der Waals surface area contributed by atoms with E-state index in [1.807, 2.05) is 38.1 Å². The fourth-order valence-corrected chi connectivity index (χ4v) is 2.03. The summed E-state index contributed by atoms with van der Waals surface area (Å²) in [5, 5.41) is 16.7. The number of nitrogens with zero attached hydrogens (tertiary/aromatic N) is 4. The van der Waals surface area contributed by atoms with E-state index in [1.165, 1.54) is 15.8 Å². The Morgan fingerprint density at radius 2 is 1.95 bits per heavy atom. The van der Waals surface area contributed by atoms with E-state index in [-0.39, 0.29) is 12.2 Å². The molecule has 2 aromatic rings. The highest BCUT2D eigenvalue weighted by molar-refractivity contribution is 5.93. The standard InChI is InChI=1S/C15H18N4O3/c1-3-8-18(10-14(20)21)15(22)13-9-19(17-16-13)12-6-4-11(2)5-7-12/h4-7,9H,3,8,10H2,1-2H3,(H,20,21). The highest BCUT2D eigenvalue weighted by atomic mass is 16.4. The molecular weight excluding hydrogens is 284 g/mol. The number of aromatic nitrogens is 3. The molecule has 0 saturated carbocycles. The Balaban J connectivity index is 2.20. The molecule has 0 saturated heterocycles. The molecule has 0 aliphatic rings. The van der Waals surface area contributed by atoms with Crippen molar-refractivity contribution < 1.29 is 14.7 Å². The predicted octanol–water partition coefficient (Wildman–Crippen LogP) is 1.51. The Morgan fingerprint density at radius 1 is 1.27 bits per heavy atom. The van der Waals surface area contributed by atoms with E-state index in [9.17, 15) is 9.59 Å². The van der Waals surface area contributed by atoms with Gasteiger partial charge in [0, 0.05) is 6.54 Å². The molecule has 7 nitrogen and oxygen atoms in total. The van der Waals surface area contributed by atoms with E-state index in [4.69, 9.17) is 5.11 Å². The van der Waals surface area contributed by atoms with Gasteiger partial charge in [0.05, 0.1) is 11.9 Å². The lowest BCUT2D eigenvalue weighted by atomic mass is 10.2. The lowest BCUT2D eigenvalue weighted by Gasteiger charge is -2.18. The number of rotatable bonds is 6. The largest absolute Gasteiger partial charge is 0.480 e. The molecule has 116 valence electrons. The summed E-state index contributed by atoms with van der Waals surface area (Å²) in [5.74, 6) is -1.48. The minimum absolute atomic E-state index is 0.135. The highest BCUT2D eigenvalue weighted by Crippen LogP contribution is 2.10. The number of carbonyl (C=O) groups excluding carboxylic acids is 1. The number of hydrogen-bond donors (Lipinski definition) is 1. The molecule has 1 heterocycles. The first-order chi connectivity index (χ1) is 10.5. The number of benzene rings is 1. The molecule has 0 radical (unpaired) electrons. The van der Waals surface area contributed by atoms with E-state index < -0.39 is 11.9 Å². The zero-order chi connectivity index (χ0) is 16.1. The normalized spacial score (nSPS) is 10.5. The molecule has 1 N–H and O–H groups in total. The number of carboxylic acid groups (broad SMARTS) is 1. The van der Waals surface area contributed by atoms with Crippen molar-refractivity contribution in [3.05, 3.63) is 41.7 Å². The van der Waals surface area contributed by atoms with Gasteiger partial charge in [-0.15, -0.1) is 5.10 Å². The van der Waals surface area contributed by atoms with Gasteiger partial charge in [0.1, 0.15) is 6.54 Å². The van der Waals surface area contributed by atoms with Gasteiger partial charge >= 0.3 is 5.97 Å². The van der Waals surface area contributed by atoms with Gasteiger partial charge < -0.3 is 10.0 Å². The maximum Gasteiger partial charge on any atom is 0.323 e. The summed E-state index contributed by atoms with van der Waals surface area (Å²) in [5.41, 5.74) is 2.04. The van der Waals surface area contributed by atoms with Crippen LogP contribution in [0.4, 0.5) is 0 Å². The first kappa shape index (κ1) is 15.7. The van der Waals surface area contributed by atoms with Gasteiger partial charge in [-0.05, 0) is 25.5 Å². The third-order valence-corrected chi connectivity index (χ3v) is 3.12. The van der Waals surface area contributed by atoms with Gasteiger partial charge in [0.2, 0.25) is 0 Å². The second-order valence-corrected chi connectivity index (χ2v) is 5.00. The van der Waals surface area contributed by atoms with Crippen LogP contribution in [0.1, 0.15) is 29.4 Å². The van der Waals surface area contributed by atoms with Crippen LogP contribution in [0.25, 0.3) is 5.69 Å². The molecule has 0 bridgehead atoms. The first-order valence-corrected chi connectivity index (χ1v) is 7.01. The van der Waals surface area contributed by atoms with Gasteiger partial charge in [-0.25, -0.2) is 4.68 Å². The zero-order valence-electron chi connectivity index (χ0n) is 12.6. The molecule has 0 fully saturated rings. The Morgan fingerprint density at radius 3 is 2.55 bits per heavy atom. The summed E-state index contributed by atoms with van der Waals surface area (Å²) in [6.07, 6.45) is 2.18. The van der Waals surface area contributed by atoms with Crippen LogP contribution in [0.2, 0.25) is 0 Å². The van der Waals surface area contributed by atoms with Crippen LogP contribution < -0.4 is 0 Å². The van der Waals surface area contributed by atoms with Gasteiger partial charge in [-0.3, -0.25) is 9.59 Å². The topological polar surface area (TPSA) is 88.3 Å². The van der Waals surface area contributed by atoms with Gasteiger partial charge in [0.15, 0.2) is 5.69 Å². The van der Waals surface area contributed by atoms with Gasteiger partial charge in [0.25, 0.3) is 5.91 Å². The summed E-state index contributed by atoms with van der Waals surface area (Å²) in [6, 6.07) is 7.62. The van der Waals surface area contributed by atoms with Crippen LogP contribution in [0.5, 0.6) is 0 Å². The highest BCUT2D eigenvalue weighted by Gasteiger charge is 2.20. The average Bonchev–Trinajstić information content (AvgIpc) is 2.96. The minimum Gasteiger partial charge on any atom is -0.480 e. The van der Waals surface area contributed by atoms with Crippen LogP contribution in [-0.2, 0) is 4.79 Å². The zero-order valence-corrected chi connectivity index (χ0v) is 12.6. The third-order valence-electron chi connectivity index (χ3n) is 3.12. The lowest BCUT2D eigenvalue weighted by molar-refractivity contribution is -0.137. The Labute approximate surface area is 128 Å². The predicted molar refractivity (Wildman–Crippen MR) is 79.9 cm³/mol. The number of aliphatic carboxylic acids is 1. The van der Waals surface area contributed by atoms with E-state index in [0.717, 1.165) is 11.3 Å². The molecule has 7 heteroatoms. The van der Waals surface area contributed by atoms with Crippen LogP contribution in [0, 0.1) is 6.92 Å². The van der Waals surface area contributed by atoms with Crippen LogP contribution in [-0.4, -0.2) is 50.0 Å². The second-order valence-electron chi connectivity index (χ2n) is 5.00. The first-order valence-electron chi connectivity index (χ1n) is 7.01. The van der Waals surface area contributed by atoms with E-state index in [2.05, 4.69) is 10.3 Å². The summed E-state index contributed by atoms with van der Waals surface area (Å²) >= 11 is 0. The van der Waals surface area contributed by atoms with Crippen LogP contribution in [0.15, 0.2) is 30.5 Å². The van der Waals surface area contributed by atoms with Crippen molar-refractivity contribution in [3.63, 3.8) is 0 Å². The molecule has 22 heavy (non-hydrogen) atoms. The number of hydrogen-bond acceptors (Lipinski definition) is 4. The molecule has 2 rings (SSSR count). The smallest absolute Gasteiger partial charge is 0.323 e. The monoisotopic (exact) mass is 302 g/mol. The SMILES string of the molecule is CCCN(CC(=O)O)C(=O)c1cn(-c2ccc(C)cc2)nn1. The van der Waals surface area contributed by atoms with Crippen LogP contribution >= 0.6 is 0 Å². The van der Waals surface area contributed by atoms with E-state index in [0.29, 0.717) is 13.0 Å². The molecule has 0 unspecified atom stereocenters. The average molecular weight is 302 g/mol. The molecule has 1 amide bonds. The molecule has 1 aromatic carbocycles. The van der Waals surface area contributed by atoms with Crippen molar-refractivity contribution >= 4 is 11.9 Å². The van der Waals surface area contributed by atoms with Crippen molar-refractivity contribution in [2.75, 3.05) is 13.1 Å². The van der Waals surface area contributed by atoms with Crippen molar-refractivity contribution in [1.82, 2.24) is 19.9 Å². The molecule has 0 aliphatic carbocycles. The van der Waals surface area contributed by atoms with Gasteiger partial charge in [-0.2, -0.15) is 0 Å². The summed E-state index contributed by atoms with van der Waals surface area (Å²) in [4.78, 5) is 24.4. The summed E-state index contributed by atoms with van der Waals surface area (Å²) in [6.45, 7) is 3.88. The van der Waals surface area contributed by atoms with E-state index >= 15 is 0 Å². The van der Waals surface area contributed by atoms with Crippen molar-refractivity contribution in [1.29, 1.82) is 0 Å². The minimum atomic E-state index is -1.05. The Bertz CT molecular complexity index is 664. The summed E-state index contributed by atoms with van der Waals surface area (Å²) < 4.78 is 1.50. The fourth-order valence-electron chi connectivity index (χ4n) is 2.03. The van der Waals surface area contributed by atoms with Crippen molar-refractivity contribution in [3.8, 4) is 5.69 Å². The third kappa shape index (κ3) is 3.69. The maximum atomic E-state index is 12.3. The molecule has 1 aromatic heterocycles. The number of carboxylic acids is 1. The Hall–Kier alpha value is -2.70. The second kappa shape index (κ2) is 6.84. The number of carbonyl (C=O) groups is 2. The van der Waals surface area contributed by atoms with Gasteiger partial charge in [-0.1, -0.05) is 29.8 Å². The molecule has 0 aliphatic heterocycles. The van der Waals surface area contributed by atoms with E-state index in [1.54, 1.807) is 0 Å². The quantitative estimate of drug-likeness (QED) is 0.874. The number of aryl methyl sites for hydroxylation is 1. The van der Waals surface area contributed by atoms with Crippen LogP contribution in [0.3, 0.4) is 0 Å². The number of amides is 1. The lowest BCUT2D eigenvalue weighted by Crippen LogP contribution is -2.36.